The summed E-state index contributed by atoms with van der Waals surface area (Å²) in [6.07, 6.45) is 6.75. The highest BCUT2D eigenvalue weighted by atomic mass is 15.1. The van der Waals surface area contributed by atoms with Gasteiger partial charge in [-0.3, -0.25) is 0 Å². The van der Waals surface area contributed by atoms with Crippen LogP contribution in [-0.4, -0.2) is 31.1 Å². The molecule has 96 valence electrons. The fourth-order valence-electron chi connectivity index (χ4n) is 2.90. The summed E-state index contributed by atoms with van der Waals surface area (Å²) in [6.45, 7) is 11.4. The van der Waals surface area contributed by atoms with E-state index in [1.54, 1.807) is 0 Å². The van der Waals surface area contributed by atoms with Crippen LogP contribution in [-0.2, 0) is 0 Å². The molecule has 1 rings (SSSR count). The maximum Gasteiger partial charge on any atom is 0.00501 e. The van der Waals surface area contributed by atoms with E-state index in [4.69, 9.17) is 5.73 Å². The number of nitrogens with zero attached hydrogens (tertiary/aromatic N) is 1. The van der Waals surface area contributed by atoms with Crippen molar-refractivity contribution < 1.29 is 0 Å². The molecule has 0 aromatic carbocycles. The molecule has 2 N–H and O–H groups in total. The lowest BCUT2D eigenvalue weighted by atomic mass is 9.85. The van der Waals surface area contributed by atoms with Gasteiger partial charge in [0.05, 0.1) is 0 Å². The van der Waals surface area contributed by atoms with E-state index in [0.29, 0.717) is 5.41 Å². The molecule has 0 radical (unpaired) electrons. The molecule has 1 saturated carbocycles. The second-order valence-electron chi connectivity index (χ2n) is 5.75. The van der Waals surface area contributed by atoms with Crippen molar-refractivity contribution in [1.82, 2.24) is 4.90 Å². The molecule has 1 aliphatic carbocycles. The molecule has 0 heterocycles. The Bertz CT molecular complexity index is 185. The highest BCUT2D eigenvalue weighted by Gasteiger charge is 2.33. The normalized spacial score (nSPS) is 21.6. The van der Waals surface area contributed by atoms with Crippen molar-refractivity contribution in [3.05, 3.63) is 0 Å². The quantitative estimate of drug-likeness (QED) is 0.723. The van der Waals surface area contributed by atoms with E-state index in [1.165, 1.54) is 51.7 Å². The Morgan fingerprint density at radius 2 is 1.88 bits per heavy atom. The molecular formula is C14H30N2. The predicted molar refractivity (Wildman–Crippen MR) is 71.5 cm³/mol. The van der Waals surface area contributed by atoms with Gasteiger partial charge in [-0.15, -0.1) is 0 Å². The Morgan fingerprint density at radius 1 is 1.25 bits per heavy atom. The van der Waals surface area contributed by atoms with Gasteiger partial charge in [0.1, 0.15) is 0 Å². The first-order chi connectivity index (χ1) is 7.65. The van der Waals surface area contributed by atoms with E-state index in [0.717, 1.165) is 12.5 Å². The minimum Gasteiger partial charge on any atom is -0.330 e. The lowest BCUT2D eigenvalue weighted by Gasteiger charge is -2.35. The standard InChI is InChI=1S/C14H30N2/c1-4-13(3)10-16(5-2)12-14(11-15)8-6-7-9-14/h13H,4-12,15H2,1-3H3. The monoisotopic (exact) mass is 226 g/mol. The van der Waals surface area contributed by atoms with E-state index in [-0.39, 0.29) is 0 Å². The van der Waals surface area contributed by atoms with Gasteiger partial charge in [-0.25, -0.2) is 0 Å². The molecule has 0 amide bonds. The van der Waals surface area contributed by atoms with Crippen molar-refractivity contribution in [2.75, 3.05) is 26.2 Å². The number of hydrogen-bond acceptors (Lipinski definition) is 2. The molecule has 16 heavy (non-hydrogen) atoms. The highest BCUT2D eigenvalue weighted by molar-refractivity contribution is 4.88. The Labute approximate surface area is 102 Å². The third-order valence-corrected chi connectivity index (χ3v) is 4.37. The van der Waals surface area contributed by atoms with Crippen molar-refractivity contribution >= 4 is 0 Å². The van der Waals surface area contributed by atoms with Crippen LogP contribution in [0.15, 0.2) is 0 Å². The second-order valence-corrected chi connectivity index (χ2v) is 5.75. The van der Waals surface area contributed by atoms with Gasteiger partial charge in [-0.1, -0.05) is 40.0 Å². The molecule has 0 spiro atoms. The largest absolute Gasteiger partial charge is 0.330 e. The van der Waals surface area contributed by atoms with Crippen molar-refractivity contribution in [2.45, 2.75) is 52.9 Å². The summed E-state index contributed by atoms with van der Waals surface area (Å²) in [5, 5.41) is 0. The van der Waals surface area contributed by atoms with Crippen LogP contribution in [0.4, 0.5) is 0 Å². The summed E-state index contributed by atoms with van der Waals surface area (Å²) in [5.74, 6) is 0.816. The summed E-state index contributed by atoms with van der Waals surface area (Å²) >= 11 is 0. The first kappa shape index (κ1) is 14.0. The highest BCUT2D eigenvalue weighted by Crippen LogP contribution is 2.37. The molecule has 2 heteroatoms. The predicted octanol–water partition coefficient (Wildman–Crippen LogP) is 2.87. The number of hydrogen-bond donors (Lipinski definition) is 1. The van der Waals surface area contributed by atoms with Crippen LogP contribution in [0.2, 0.25) is 0 Å². The van der Waals surface area contributed by atoms with E-state index < -0.39 is 0 Å². The van der Waals surface area contributed by atoms with Gasteiger partial charge in [0.15, 0.2) is 0 Å². The Kier molecular flexibility index (Phi) is 5.77. The minimum absolute atomic E-state index is 0.448. The van der Waals surface area contributed by atoms with Gasteiger partial charge in [0.2, 0.25) is 0 Å². The molecule has 0 aromatic heterocycles. The van der Waals surface area contributed by atoms with Crippen LogP contribution < -0.4 is 5.73 Å². The fraction of sp³-hybridized carbons (Fsp3) is 1.00. The fourth-order valence-corrected chi connectivity index (χ4v) is 2.90. The number of rotatable bonds is 7. The lowest BCUT2D eigenvalue weighted by Crippen LogP contribution is -2.42. The third-order valence-electron chi connectivity index (χ3n) is 4.37. The van der Waals surface area contributed by atoms with E-state index in [9.17, 15) is 0 Å². The Hall–Kier alpha value is -0.0800. The van der Waals surface area contributed by atoms with Gasteiger partial charge in [0, 0.05) is 13.1 Å². The Balaban J connectivity index is 2.47. The maximum absolute atomic E-state index is 6.01. The van der Waals surface area contributed by atoms with Gasteiger partial charge < -0.3 is 10.6 Å². The molecule has 1 atom stereocenters. The van der Waals surface area contributed by atoms with E-state index >= 15 is 0 Å². The van der Waals surface area contributed by atoms with Crippen molar-refractivity contribution in [3.8, 4) is 0 Å². The van der Waals surface area contributed by atoms with Crippen LogP contribution in [0.3, 0.4) is 0 Å². The molecule has 0 aromatic rings. The molecule has 2 nitrogen and oxygen atoms in total. The third kappa shape index (κ3) is 3.74. The molecule has 0 saturated heterocycles. The SMILES string of the molecule is CCC(C)CN(CC)CC1(CN)CCCC1. The molecule has 1 unspecified atom stereocenters. The smallest absolute Gasteiger partial charge is 0.00501 e. The average Bonchev–Trinajstić information content (AvgIpc) is 2.77. The summed E-state index contributed by atoms with van der Waals surface area (Å²) in [6, 6.07) is 0. The lowest BCUT2D eigenvalue weighted by molar-refractivity contribution is 0.146. The van der Waals surface area contributed by atoms with Crippen LogP contribution in [0.25, 0.3) is 0 Å². The van der Waals surface area contributed by atoms with E-state index in [2.05, 4.69) is 25.7 Å². The molecule has 0 aliphatic heterocycles. The van der Waals surface area contributed by atoms with Gasteiger partial charge >= 0.3 is 0 Å². The second kappa shape index (κ2) is 6.61. The molecule has 1 aliphatic rings. The van der Waals surface area contributed by atoms with E-state index in [1.807, 2.05) is 0 Å². The van der Waals surface area contributed by atoms with Crippen molar-refractivity contribution in [1.29, 1.82) is 0 Å². The van der Waals surface area contributed by atoms with Gasteiger partial charge in [-0.2, -0.15) is 0 Å². The first-order valence-electron chi connectivity index (χ1n) is 7.08. The topological polar surface area (TPSA) is 29.3 Å². The molecule has 1 fully saturated rings. The van der Waals surface area contributed by atoms with Crippen LogP contribution >= 0.6 is 0 Å². The van der Waals surface area contributed by atoms with Crippen LogP contribution in [0.1, 0.15) is 52.9 Å². The first-order valence-corrected chi connectivity index (χ1v) is 7.08. The average molecular weight is 226 g/mol. The van der Waals surface area contributed by atoms with Gasteiger partial charge in [0.25, 0.3) is 0 Å². The summed E-state index contributed by atoms with van der Waals surface area (Å²) in [5.41, 5.74) is 6.46. The molecule has 0 bridgehead atoms. The summed E-state index contributed by atoms with van der Waals surface area (Å²) in [4.78, 5) is 2.62. The summed E-state index contributed by atoms with van der Waals surface area (Å²) in [7, 11) is 0. The zero-order valence-electron chi connectivity index (χ0n) is 11.5. The van der Waals surface area contributed by atoms with Gasteiger partial charge in [-0.05, 0) is 37.3 Å². The zero-order valence-corrected chi connectivity index (χ0v) is 11.5. The zero-order chi connectivity index (χ0) is 12.0. The molecular weight excluding hydrogens is 196 g/mol. The Morgan fingerprint density at radius 3 is 2.31 bits per heavy atom. The van der Waals surface area contributed by atoms with Crippen molar-refractivity contribution in [2.24, 2.45) is 17.1 Å². The minimum atomic E-state index is 0.448. The number of nitrogens with two attached hydrogens (primary N) is 1. The summed E-state index contributed by atoms with van der Waals surface area (Å²) < 4.78 is 0. The van der Waals surface area contributed by atoms with Crippen LogP contribution in [0.5, 0.6) is 0 Å². The maximum atomic E-state index is 6.01. The van der Waals surface area contributed by atoms with Crippen molar-refractivity contribution in [3.63, 3.8) is 0 Å². The van der Waals surface area contributed by atoms with Crippen LogP contribution in [0, 0.1) is 11.3 Å².